The van der Waals surface area contributed by atoms with Crippen LogP contribution in [0.15, 0.2) is 71.9 Å². The molecule has 7 nitrogen and oxygen atoms in total. The van der Waals surface area contributed by atoms with Crippen LogP contribution in [0.3, 0.4) is 0 Å². The molecule has 1 aliphatic heterocycles. The topological polar surface area (TPSA) is 77.3 Å². The third-order valence-corrected chi connectivity index (χ3v) is 5.72. The Bertz CT molecular complexity index is 1300. The summed E-state index contributed by atoms with van der Waals surface area (Å²) in [6.45, 7) is 1.18. The van der Waals surface area contributed by atoms with Crippen LogP contribution in [0, 0.1) is 0 Å². The summed E-state index contributed by atoms with van der Waals surface area (Å²) < 4.78 is 7.60. The molecule has 3 heterocycles. The molecule has 1 aliphatic rings. The van der Waals surface area contributed by atoms with E-state index in [9.17, 15) is 9.59 Å². The number of fused-ring (bicyclic) bond motifs is 2. The number of rotatable bonds is 4. The number of piperidine rings is 1. The van der Waals surface area contributed by atoms with Crippen LogP contribution in [0.5, 0.6) is 5.75 Å². The van der Waals surface area contributed by atoms with Crippen LogP contribution >= 0.6 is 0 Å². The second kappa shape index (κ2) is 8.18. The van der Waals surface area contributed by atoms with E-state index in [-0.39, 0.29) is 24.1 Å². The van der Waals surface area contributed by atoms with Crippen molar-refractivity contribution in [2.75, 3.05) is 13.1 Å². The fourth-order valence-corrected chi connectivity index (χ4v) is 4.04. The largest absolute Gasteiger partial charge is 0.488 e. The zero-order valence-corrected chi connectivity index (χ0v) is 17.0. The average Bonchev–Trinajstić information content (AvgIpc) is 2.82. The number of carbonyl (C=O) groups excluding carboxylic acids is 1. The quantitative estimate of drug-likeness (QED) is 0.513. The Kier molecular flexibility index (Phi) is 5.08. The Labute approximate surface area is 178 Å². The molecule has 0 radical (unpaired) electrons. The van der Waals surface area contributed by atoms with Crippen molar-refractivity contribution in [3.05, 3.63) is 77.5 Å². The third-order valence-electron chi connectivity index (χ3n) is 5.72. The number of amides is 1. The first-order valence-electron chi connectivity index (χ1n) is 10.4. The SMILES string of the molecule is O=C(Cn1cnc2ccccc2c1=O)N1CCC(Oc2cccc3cccnc23)CC1. The number of pyridine rings is 1. The van der Waals surface area contributed by atoms with E-state index in [4.69, 9.17) is 4.74 Å². The summed E-state index contributed by atoms with van der Waals surface area (Å²) in [6.07, 6.45) is 4.72. The lowest BCUT2D eigenvalue weighted by Gasteiger charge is -2.32. The molecule has 0 saturated carbocycles. The van der Waals surface area contributed by atoms with E-state index in [1.165, 1.54) is 10.9 Å². The van der Waals surface area contributed by atoms with Crippen molar-refractivity contribution in [1.29, 1.82) is 0 Å². The molecule has 0 N–H and O–H groups in total. The van der Waals surface area contributed by atoms with Gasteiger partial charge in [0.05, 0.1) is 17.2 Å². The molecule has 2 aromatic carbocycles. The third kappa shape index (κ3) is 3.86. The molecule has 0 unspecified atom stereocenters. The van der Waals surface area contributed by atoms with Crippen molar-refractivity contribution in [3.8, 4) is 5.75 Å². The van der Waals surface area contributed by atoms with Crippen molar-refractivity contribution < 1.29 is 9.53 Å². The number of para-hydroxylation sites is 2. The molecular weight excluding hydrogens is 392 g/mol. The number of carbonyl (C=O) groups is 1. The van der Waals surface area contributed by atoms with E-state index in [1.54, 1.807) is 29.3 Å². The summed E-state index contributed by atoms with van der Waals surface area (Å²) in [6, 6.07) is 17.0. The van der Waals surface area contributed by atoms with Gasteiger partial charge in [0, 0.05) is 37.5 Å². The van der Waals surface area contributed by atoms with Gasteiger partial charge in [-0.2, -0.15) is 0 Å². The van der Waals surface area contributed by atoms with Gasteiger partial charge in [-0.1, -0.05) is 30.3 Å². The maximum absolute atomic E-state index is 12.8. The molecule has 156 valence electrons. The van der Waals surface area contributed by atoms with Gasteiger partial charge in [-0.05, 0) is 24.3 Å². The molecular formula is C24H22N4O3. The molecule has 0 aliphatic carbocycles. The summed E-state index contributed by atoms with van der Waals surface area (Å²) in [7, 11) is 0. The second-order valence-electron chi connectivity index (χ2n) is 7.72. The van der Waals surface area contributed by atoms with E-state index in [0.29, 0.717) is 24.0 Å². The molecule has 0 bridgehead atoms. The van der Waals surface area contributed by atoms with E-state index in [2.05, 4.69) is 9.97 Å². The highest BCUT2D eigenvalue weighted by molar-refractivity contribution is 5.84. The van der Waals surface area contributed by atoms with E-state index in [0.717, 1.165) is 29.5 Å². The zero-order valence-electron chi connectivity index (χ0n) is 17.0. The smallest absolute Gasteiger partial charge is 0.261 e. The fraction of sp³-hybridized carbons (Fsp3) is 0.250. The number of benzene rings is 2. The van der Waals surface area contributed by atoms with Gasteiger partial charge in [0.1, 0.15) is 23.9 Å². The van der Waals surface area contributed by atoms with Gasteiger partial charge in [-0.25, -0.2) is 4.98 Å². The lowest BCUT2D eigenvalue weighted by atomic mass is 10.1. The molecule has 0 atom stereocenters. The van der Waals surface area contributed by atoms with E-state index >= 15 is 0 Å². The van der Waals surface area contributed by atoms with Gasteiger partial charge >= 0.3 is 0 Å². The van der Waals surface area contributed by atoms with Crippen molar-refractivity contribution in [1.82, 2.24) is 19.4 Å². The Morgan fingerprint density at radius 1 is 1.00 bits per heavy atom. The fourth-order valence-electron chi connectivity index (χ4n) is 4.04. The lowest BCUT2D eigenvalue weighted by Crippen LogP contribution is -2.44. The van der Waals surface area contributed by atoms with Crippen LogP contribution in [0.25, 0.3) is 21.8 Å². The maximum Gasteiger partial charge on any atom is 0.261 e. The molecule has 1 saturated heterocycles. The molecule has 1 amide bonds. The van der Waals surface area contributed by atoms with Crippen LogP contribution in [0.1, 0.15) is 12.8 Å². The van der Waals surface area contributed by atoms with Gasteiger partial charge < -0.3 is 9.64 Å². The summed E-state index contributed by atoms with van der Waals surface area (Å²) in [5.41, 5.74) is 1.30. The van der Waals surface area contributed by atoms with Gasteiger partial charge in [0.25, 0.3) is 5.56 Å². The number of hydrogen-bond acceptors (Lipinski definition) is 5. The lowest BCUT2D eigenvalue weighted by molar-refractivity contribution is -0.133. The minimum absolute atomic E-state index is 0.00453. The monoisotopic (exact) mass is 414 g/mol. The number of ether oxygens (including phenoxy) is 1. The Balaban J connectivity index is 1.23. The van der Waals surface area contributed by atoms with Crippen LogP contribution in [-0.2, 0) is 11.3 Å². The van der Waals surface area contributed by atoms with Crippen molar-refractivity contribution in [2.45, 2.75) is 25.5 Å². The predicted molar refractivity (Wildman–Crippen MR) is 118 cm³/mol. The Morgan fingerprint density at radius 3 is 2.68 bits per heavy atom. The minimum Gasteiger partial charge on any atom is -0.488 e. The van der Waals surface area contributed by atoms with Crippen LogP contribution in [0.2, 0.25) is 0 Å². The molecule has 1 fully saturated rings. The molecule has 7 heteroatoms. The number of aromatic nitrogens is 3. The maximum atomic E-state index is 12.8. The zero-order chi connectivity index (χ0) is 21.2. The summed E-state index contributed by atoms with van der Waals surface area (Å²) in [5, 5.41) is 1.57. The Morgan fingerprint density at radius 2 is 1.81 bits per heavy atom. The van der Waals surface area contributed by atoms with Gasteiger partial charge in [-0.15, -0.1) is 0 Å². The van der Waals surface area contributed by atoms with Crippen LogP contribution in [-0.4, -0.2) is 44.5 Å². The Hall–Kier alpha value is -3.74. The van der Waals surface area contributed by atoms with Crippen LogP contribution in [0.4, 0.5) is 0 Å². The number of likely N-dealkylation sites (tertiary alicyclic amines) is 1. The highest BCUT2D eigenvalue weighted by atomic mass is 16.5. The predicted octanol–water partition coefficient (Wildman–Crippen LogP) is 3.01. The summed E-state index contributed by atoms with van der Waals surface area (Å²) >= 11 is 0. The molecule has 2 aromatic heterocycles. The van der Waals surface area contributed by atoms with Crippen molar-refractivity contribution in [3.63, 3.8) is 0 Å². The first kappa shape index (κ1) is 19.2. The summed E-state index contributed by atoms with van der Waals surface area (Å²) in [5.74, 6) is 0.695. The minimum atomic E-state index is -0.194. The summed E-state index contributed by atoms with van der Waals surface area (Å²) in [4.78, 5) is 35.9. The number of nitrogens with zero attached hydrogens (tertiary/aromatic N) is 4. The van der Waals surface area contributed by atoms with E-state index < -0.39 is 0 Å². The number of hydrogen-bond donors (Lipinski definition) is 0. The van der Waals surface area contributed by atoms with Crippen molar-refractivity contribution >= 4 is 27.7 Å². The van der Waals surface area contributed by atoms with Crippen LogP contribution < -0.4 is 10.3 Å². The van der Waals surface area contributed by atoms with E-state index in [1.807, 2.05) is 36.4 Å². The molecule has 0 spiro atoms. The van der Waals surface area contributed by atoms with Gasteiger partial charge in [0.2, 0.25) is 5.91 Å². The standard InChI is InChI=1S/C24H22N4O3/c29-22(15-28-16-26-20-8-2-1-7-19(20)24(28)30)27-13-10-18(11-14-27)31-21-9-3-5-17-6-4-12-25-23(17)21/h1-9,12,16,18H,10-11,13-15H2. The molecule has 31 heavy (non-hydrogen) atoms. The normalized spacial score (nSPS) is 14.8. The average molecular weight is 414 g/mol. The van der Waals surface area contributed by atoms with Crippen molar-refractivity contribution in [2.24, 2.45) is 0 Å². The first-order chi connectivity index (χ1) is 15.2. The molecule has 4 aromatic rings. The second-order valence-corrected chi connectivity index (χ2v) is 7.72. The van der Waals surface area contributed by atoms with Gasteiger partial charge in [-0.3, -0.25) is 19.1 Å². The highest BCUT2D eigenvalue weighted by Crippen LogP contribution is 2.26. The molecule has 5 rings (SSSR count). The first-order valence-corrected chi connectivity index (χ1v) is 10.4. The van der Waals surface area contributed by atoms with Gasteiger partial charge in [0.15, 0.2) is 0 Å². The highest BCUT2D eigenvalue weighted by Gasteiger charge is 2.25.